The number of carbonyl (C=O) groups excluding carboxylic acids is 2. The predicted octanol–water partition coefficient (Wildman–Crippen LogP) is 3.42. The number of hydrogen-bond acceptors (Lipinski definition) is 7. The molecule has 1 aliphatic rings. The maximum absolute atomic E-state index is 13.8. The summed E-state index contributed by atoms with van der Waals surface area (Å²) >= 11 is 0. The summed E-state index contributed by atoms with van der Waals surface area (Å²) in [7, 11) is 0.255. The maximum atomic E-state index is 13.8. The van der Waals surface area contributed by atoms with Crippen LogP contribution in [-0.2, 0) is 26.0 Å². The molecule has 0 aromatic heterocycles. The average molecular weight is 543 g/mol. The van der Waals surface area contributed by atoms with E-state index in [1.807, 2.05) is 0 Å². The van der Waals surface area contributed by atoms with Crippen LogP contribution >= 0.6 is 0 Å². The van der Waals surface area contributed by atoms with Crippen molar-refractivity contribution in [3.8, 4) is 17.2 Å². The highest BCUT2D eigenvalue weighted by Gasteiger charge is 2.46. The highest BCUT2D eigenvalue weighted by atomic mass is 32.2. The zero-order chi connectivity index (χ0) is 27.4. The van der Waals surface area contributed by atoms with Gasteiger partial charge >= 0.3 is 0 Å². The van der Waals surface area contributed by atoms with E-state index in [0.717, 1.165) is 26.9 Å². The second-order valence-corrected chi connectivity index (χ2v) is 10.4. The Hall–Kier alpha value is -3.96. The van der Waals surface area contributed by atoms with Crippen LogP contribution < -0.4 is 19.1 Å². The number of ether oxygens (including phenoxy) is 3. The van der Waals surface area contributed by atoms with Gasteiger partial charge in [0.15, 0.2) is 11.5 Å². The summed E-state index contributed by atoms with van der Waals surface area (Å²) < 4.78 is 57.8. The molecule has 0 spiro atoms. The van der Waals surface area contributed by atoms with E-state index in [1.165, 1.54) is 57.7 Å². The second-order valence-electron chi connectivity index (χ2n) is 8.49. The van der Waals surface area contributed by atoms with Crippen LogP contribution in [0.2, 0.25) is 0 Å². The zero-order valence-corrected chi connectivity index (χ0v) is 21.9. The number of nitrogens with zero attached hydrogens (tertiary/aromatic N) is 2. The summed E-state index contributed by atoms with van der Waals surface area (Å²) in [6, 6.07) is 14.6. The molecule has 1 aliphatic heterocycles. The first-order chi connectivity index (χ1) is 18.2. The largest absolute Gasteiger partial charge is 0.497 e. The van der Waals surface area contributed by atoms with Gasteiger partial charge in [0.05, 0.1) is 38.3 Å². The first-order valence-electron chi connectivity index (χ1n) is 11.7. The van der Waals surface area contributed by atoms with Crippen molar-refractivity contribution in [3.63, 3.8) is 0 Å². The minimum absolute atomic E-state index is 0.0499. The van der Waals surface area contributed by atoms with Gasteiger partial charge in [-0.25, -0.2) is 17.7 Å². The van der Waals surface area contributed by atoms with E-state index >= 15 is 0 Å². The molecule has 0 bridgehead atoms. The van der Waals surface area contributed by atoms with Crippen LogP contribution in [0.1, 0.15) is 12.0 Å². The van der Waals surface area contributed by atoms with Crippen molar-refractivity contribution in [2.24, 2.45) is 0 Å². The Morgan fingerprint density at radius 2 is 1.55 bits per heavy atom. The van der Waals surface area contributed by atoms with Gasteiger partial charge in [0.25, 0.3) is 5.91 Å². The molecular weight excluding hydrogens is 515 g/mol. The van der Waals surface area contributed by atoms with E-state index < -0.39 is 33.7 Å². The molecule has 1 fully saturated rings. The smallest absolute Gasteiger partial charge is 0.252 e. The second kappa shape index (κ2) is 11.2. The van der Waals surface area contributed by atoms with Crippen molar-refractivity contribution >= 4 is 27.5 Å². The monoisotopic (exact) mass is 542 g/mol. The molecule has 1 saturated heterocycles. The molecule has 0 saturated carbocycles. The summed E-state index contributed by atoms with van der Waals surface area (Å²) in [6.45, 7) is -0.0925. The molecule has 0 aliphatic carbocycles. The third-order valence-corrected chi connectivity index (χ3v) is 8.21. The van der Waals surface area contributed by atoms with E-state index in [9.17, 15) is 22.4 Å². The fourth-order valence-electron chi connectivity index (χ4n) is 4.30. The number of rotatable bonds is 10. The SMILES string of the molecule is COc1ccc(S(=O)(=O)N(CCc2ccc(OC)c(OC)c2)C2CC(=O)N(c3ccc(F)cc3)C2=O)cc1. The van der Waals surface area contributed by atoms with Crippen molar-refractivity contribution in [1.29, 1.82) is 0 Å². The van der Waals surface area contributed by atoms with Gasteiger partial charge in [0.2, 0.25) is 15.9 Å². The van der Waals surface area contributed by atoms with Crippen LogP contribution in [0.4, 0.5) is 10.1 Å². The van der Waals surface area contributed by atoms with Crippen LogP contribution in [0.15, 0.2) is 71.6 Å². The molecule has 2 amide bonds. The van der Waals surface area contributed by atoms with Gasteiger partial charge in [-0.05, 0) is 72.6 Å². The van der Waals surface area contributed by atoms with Crippen LogP contribution in [0, 0.1) is 5.82 Å². The van der Waals surface area contributed by atoms with Crippen molar-refractivity contribution < 1.29 is 36.6 Å². The Labute approximate surface area is 220 Å². The third-order valence-electron chi connectivity index (χ3n) is 6.29. The van der Waals surface area contributed by atoms with Gasteiger partial charge in [-0.2, -0.15) is 4.31 Å². The molecule has 0 N–H and O–H groups in total. The third kappa shape index (κ3) is 5.34. The molecule has 9 nitrogen and oxygen atoms in total. The molecular formula is C27H27FN2O7S. The molecule has 3 aromatic carbocycles. The average Bonchev–Trinajstić information content (AvgIpc) is 3.22. The molecule has 4 rings (SSSR count). The number of amides is 2. The van der Waals surface area contributed by atoms with E-state index in [4.69, 9.17) is 14.2 Å². The fourth-order valence-corrected chi connectivity index (χ4v) is 5.89. The van der Waals surface area contributed by atoms with Crippen molar-refractivity contribution in [1.82, 2.24) is 4.31 Å². The Morgan fingerprint density at radius 3 is 2.16 bits per heavy atom. The number of halogens is 1. The van der Waals surface area contributed by atoms with Crippen LogP contribution in [0.25, 0.3) is 0 Å². The quantitative estimate of drug-likeness (QED) is 0.362. The lowest BCUT2D eigenvalue weighted by atomic mass is 10.1. The molecule has 38 heavy (non-hydrogen) atoms. The Balaban J connectivity index is 1.69. The minimum Gasteiger partial charge on any atom is -0.497 e. The lowest BCUT2D eigenvalue weighted by Gasteiger charge is -2.27. The van der Waals surface area contributed by atoms with Crippen molar-refractivity contribution in [2.45, 2.75) is 23.8 Å². The van der Waals surface area contributed by atoms with E-state index in [1.54, 1.807) is 18.2 Å². The molecule has 11 heteroatoms. The Morgan fingerprint density at radius 1 is 0.895 bits per heavy atom. The van der Waals surface area contributed by atoms with Gasteiger partial charge in [-0.3, -0.25) is 9.59 Å². The zero-order valence-electron chi connectivity index (χ0n) is 21.1. The highest BCUT2D eigenvalue weighted by molar-refractivity contribution is 7.89. The van der Waals surface area contributed by atoms with E-state index in [2.05, 4.69) is 0 Å². The highest BCUT2D eigenvalue weighted by Crippen LogP contribution is 2.32. The molecule has 1 atom stereocenters. The maximum Gasteiger partial charge on any atom is 0.252 e. The first-order valence-corrected chi connectivity index (χ1v) is 13.1. The normalized spacial score (nSPS) is 15.7. The number of methoxy groups -OCH3 is 3. The molecule has 0 radical (unpaired) electrons. The number of carbonyl (C=O) groups is 2. The Kier molecular flexibility index (Phi) is 7.98. The standard InChI is InChI=1S/C27H27FN2O7S/c1-35-21-9-11-22(12-10-21)38(33,34)29(15-14-18-4-13-24(36-2)25(16-18)37-3)23-17-26(31)30(27(23)32)20-7-5-19(28)6-8-20/h4-13,16,23H,14-15,17H2,1-3H3. The summed E-state index contributed by atoms with van der Waals surface area (Å²) in [6.07, 6.45) is -0.123. The lowest BCUT2D eigenvalue weighted by molar-refractivity contribution is -0.122. The van der Waals surface area contributed by atoms with Gasteiger partial charge in [0.1, 0.15) is 17.6 Å². The number of benzene rings is 3. The fraction of sp³-hybridized carbons (Fsp3) is 0.259. The van der Waals surface area contributed by atoms with Gasteiger partial charge < -0.3 is 14.2 Å². The summed E-state index contributed by atoms with van der Waals surface area (Å²) in [5.74, 6) is -0.341. The van der Waals surface area contributed by atoms with Crippen molar-refractivity contribution in [3.05, 3.63) is 78.1 Å². The summed E-state index contributed by atoms with van der Waals surface area (Å²) in [5.41, 5.74) is 0.912. The number of sulfonamides is 1. The van der Waals surface area contributed by atoms with Crippen LogP contribution in [0.3, 0.4) is 0 Å². The van der Waals surface area contributed by atoms with Gasteiger partial charge in [0, 0.05) is 6.54 Å². The summed E-state index contributed by atoms with van der Waals surface area (Å²) in [5, 5.41) is 0. The van der Waals surface area contributed by atoms with E-state index in [-0.39, 0.29) is 30.0 Å². The number of hydrogen-bond donors (Lipinski definition) is 0. The van der Waals surface area contributed by atoms with Gasteiger partial charge in [-0.15, -0.1) is 0 Å². The molecule has 3 aromatic rings. The first kappa shape index (κ1) is 27.1. The minimum atomic E-state index is -4.21. The molecule has 1 unspecified atom stereocenters. The van der Waals surface area contributed by atoms with Gasteiger partial charge in [-0.1, -0.05) is 6.07 Å². The Bertz CT molecular complexity index is 1430. The molecule has 1 heterocycles. The van der Waals surface area contributed by atoms with Crippen molar-refractivity contribution in [2.75, 3.05) is 32.8 Å². The number of anilines is 1. The van der Waals surface area contributed by atoms with Crippen LogP contribution in [-0.4, -0.2) is 58.5 Å². The molecule has 200 valence electrons. The lowest BCUT2D eigenvalue weighted by Crippen LogP contribution is -2.46. The van der Waals surface area contributed by atoms with Crippen LogP contribution in [0.5, 0.6) is 17.2 Å². The number of imide groups is 1. The van der Waals surface area contributed by atoms with E-state index in [0.29, 0.717) is 17.2 Å². The summed E-state index contributed by atoms with van der Waals surface area (Å²) in [4.78, 5) is 27.2. The predicted molar refractivity (Wildman–Crippen MR) is 137 cm³/mol. The topological polar surface area (TPSA) is 102 Å².